The molecule has 0 amide bonds. The highest BCUT2D eigenvalue weighted by atomic mass is 19.4. The van der Waals surface area contributed by atoms with Crippen molar-refractivity contribution in [2.24, 2.45) is 0 Å². The SMILES string of the molecule is O=C(CCc1ccccc1)c1cccc(C(F)(F)F)c1. The van der Waals surface area contributed by atoms with Crippen LogP contribution >= 0.6 is 0 Å². The van der Waals surface area contributed by atoms with Crippen LogP contribution in [0.5, 0.6) is 0 Å². The van der Waals surface area contributed by atoms with Gasteiger partial charge >= 0.3 is 6.18 Å². The van der Waals surface area contributed by atoms with E-state index in [0.29, 0.717) is 6.42 Å². The van der Waals surface area contributed by atoms with Crippen LogP contribution in [-0.2, 0) is 12.6 Å². The fourth-order valence-electron chi connectivity index (χ4n) is 1.92. The first kappa shape index (κ1) is 14.3. The number of Topliss-reactive ketones (excluding diaryl/α,β-unsaturated/α-hetero) is 1. The summed E-state index contributed by atoms with van der Waals surface area (Å²) in [5.41, 5.74) is 0.312. The summed E-state index contributed by atoms with van der Waals surface area (Å²) in [6.07, 6.45) is -3.70. The van der Waals surface area contributed by atoms with Crippen LogP contribution in [-0.4, -0.2) is 5.78 Å². The Kier molecular flexibility index (Phi) is 4.23. The van der Waals surface area contributed by atoms with Crippen molar-refractivity contribution >= 4 is 5.78 Å². The molecule has 0 saturated carbocycles. The average Bonchev–Trinajstić information content (AvgIpc) is 2.45. The Morgan fingerprint density at radius 2 is 1.65 bits per heavy atom. The minimum Gasteiger partial charge on any atom is -0.294 e. The van der Waals surface area contributed by atoms with E-state index in [4.69, 9.17) is 0 Å². The van der Waals surface area contributed by atoms with Crippen molar-refractivity contribution in [3.8, 4) is 0 Å². The standard InChI is InChI=1S/C16H13F3O/c17-16(18,19)14-8-4-7-13(11-14)15(20)10-9-12-5-2-1-3-6-12/h1-8,11H,9-10H2. The highest BCUT2D eigenvalue weighted by Crippen LogP contribution is 2.29. The number of ketones is 1. The van der Waals surface area contributed by atoms with E-state index in [0.717, 1.165) is 17.7 Å². The topological polar surface area (TPSA) is 17.1 Å². The van der Waals surface area contributed by atoms with Gasteiger partial charge < -0.3 is 0 Å². The summed E-state index contributed by atoms with van der Waals surface area (Å²) in [4.78, 5) is 11.9. The fraction of sp³-hybridized carbons (Fsp3) is 0.188. The fourth-order valence-corrected chi connectivity index (χ4v) is 1.92. The normalized spacial score (nSPS) is 11.3. The third-order valence-electron chi connectivity index (χ3n) is 3.00. The molecule has 0 saturated heterocycles. The van der Waals surface area contributed by atoms with Crippen LogP contribution in [0, 0.1) is 0 Å². The molecule has 0 spiro atoms. The third kappa shape index (κ3) is 3.70. The summed E-state index contributed by atoms with van der Waals surface area (Å²) >= 11 is 0. The number of hydrogen-bond donors (Lipinski definition) is 0. The van der Waals surface area contributed by atoms with Gasteiger partial charge in [0.05, 0.1) is 5.56 Å². The molecule has 0 aromatic heterocycles. The van der Waals surface area contributed by atoms with E-state index in [2.05, 4.69) is 0 Å². The van der Waals surface area contributed by atoms with Crippen molar-refractivity contribution in [2.75, 3.05) is 0 Å². The lowest BCUT2D eigenvalue weighted by molar-refractivity contribution is -0.137. The Morgan fingerprint density at radius 1 is 0.950 bits per heavy atom. The van der Waals surface area contributed by atoms with Gasteiger partial charge in [-0.1, -0.05) is 42.5 Å². The average molecular weight is 278 g/mol. The molecule has 0 atom stereocenters. The Hall–Kier alpha value is -2.10. The zero-order valence-corrected chi connectivity index (χ0v) is 10.7. The summed E-state index contributed by atoms with van der Waals surface area (Å²) in [5, 5.41) is 0. The molecule has 2 rings (SSSR count). The Bertz CT molecular complexity index is 588. The molecule has 0 bridgehead atoms. The largest absolute Gasteiger partial charge is 0.416 e. The number of rotatable bonds is 4. The molecule has 0 aliphatic carbocycles. The Balaban J connectivity index is 2.06. The van der Waals surface area contributed by atoms with Crippen molar-refractivity contribution in [3.63, 3.8) is 0 Å². The molecular weight excluding hydrogens is 265 g/mol. The van der Waals surface area contributed by atoms with E-state index in [1.165, 1.54) is 12.1 Å². The Morgan fingerprint density at radius 3 is 2.30 bits per heavy atom. The molecule has 0 aliphatic heterocycles. The second-order valence-corrected chi connectivity index (χ2v) is 4.49. The monoisotopic (exact) mass is 278 g/mol. The molecule has 0 N–H and O–H groups in total. The van der Waals surface area contributed by atoms with E-state index >= 15 is 0 Å². The maximum Gasteiger partial charge on any atom is 0.416 e. The zero-order chi connectivity index (χ0) is 14.6. The number of aryl methyl sites for hydroxylation is 1. The third-order valence-corrected chi connectivity index (χ3v) is 3.00. The number of alkyl halides is 3. The van der Waals surface area contributed by atoms with Crippen LogP contribution in [0.2, 0.25) is 0 Å². The van der Waals surface area contributed by atoms with Crippen LogP contribution in [0.3, 0.4) is 0 Å². The summed E-state index contributed by atoms with van der Waals surface area (Å²) in [6.45, 7) is 0. The number of hydrogen-bond acceptors (Lipinski definition) is 1. The van der Waals surface area contributed by atoms with Crippen LogP contribution in [0.1, 0.15) is 27.9 Å². The lowest BCUT2D eigenvalue weighted by Crippen LogP contribution is -2.08. The van der Waals surface area contributed by atoms with Crippen LogP contribution in [0.25, 0.3) is 0 Å². The maximum absolute atomic E-state index is 12.6. The minimum atomic E-state index is -4.42. The van der Waals surface area contributed by atoms with E-state index in [-0.39, 0.29) is 17.8 Å². The van der Waals surface area contributed by atoms with Crippen molar-refractivity contribution < 1.29 is 18.0 Å². The van der Waals surface area contributed by atoms with E-state index in [1.54, 1.807) is 0 Å². The highest BCUT2D eigenvalue weighted by molar-refractivity contribution is 5.96. The number of halogens is 3. The van der Waals surface area contributed by atoms with Gasteiger partial charge in [-0.25, -0.2) is 0 Å². The van der Waals surface area contributed by atoms with E-state index in [1.807, 2.05) is 30.3 Å². The molecule has 4 heteroatoms. The highest BCUT2D eigenvalue weighted by Gasteiger charge is 2.30. The molecule has 2 aromatic carbocycles. The Labute approximate surface area is 115 Å². The number of carbonyl (C=O) groups excluding carboxylic acids is 1. The first-order valence-electron chi connectivity index (χ1n) is 6.21. The van der Waals surface area contributed by atoms with Crippen molar-refractivity contribution in [3.05, 3.63) is 71.3 Å². The van der Waals surface area contributed by atoms with E-state index in [9.17, 15) is 18.0 Å². The second kappa shape index (κ2) is 5.90. The molecule has 0 unspecified atom stereocenters. The molecule has 0 aliphatic rings. The summed E-state index contributed by atoms with van der Waals surface area (Å²) in [5.74, 6) is -0.278. The first-order valence-corrected chi connectivity index (χ1v) is 6.21. The van der Waals surface area contributed by atoms with Crippen molar-refractivity contribution in [2.45, 2.75) is 19.0 Å². The van der Waals surface area contributed by atoms with Crippen molar-refractivity contribution in [1.29, 1.82) is 0 Å². The predicted octanol–water partition coefficient (Wildman–Crippen LogP) is 4.52. The summed E-state index contributed by atoms with van der Waals surface area (Å²) in [6, 6.07) is 13.9. The lowest BCUT2D eigenvalue weighted by Gasteiger charge is -2.08. The number of carbonyl (C=O) groups is 1. The van der Waals surface area contributed by atoms with Crippen LogP contribution < -0.4 is 0 Å². The van der Waals surface area contributed by atoms with Gasteiger partial charge in [0.1, 0.15) is 0 Å². The van der Waals surface area contributed by atoms with Gasteiger partial charge in [0, 0.05) is 12.0 Å². The maximum atomic E-state index is 12.6. The summed E-state index contributed by atoms with van der Waals surface area (Å²) in [7, 11) is 0. The molecule has 0 fully saturated rings. The van der Waals surface area contributed by atoms with Gasteiger partial charge in [0.2, 0.25) is 0 Å². The molecule has 0 heterocycles. The quantitative estimate of drug-likeness (QED) is 0.751. The van der Waals surface area contributed by atoms with Crippen LogP contribution in [0.15, 0.2) is 54.6 Å². The smallest absolute Gasteiger partial charge is 0.294 e. The number of benzene rings is 2. The molecule has 20 heavy (non-hydrogen) atoms. The van der Waals surface area contributed by atoms with Gasteiger partial charge in [0.25, 0.3) is 0 Å². The molecule has 104 valence electrons. The van der Waals surface area contributed by atoms with Crippen LogP contribution in [0.4, 0.5) is 13.2 Å². The van der Waals surface area contributed by atoms with Gasteiger partial charge in [-0.15, -0.1) is 0 Å². The molecule has 1 nitrogen and oxygen atoms in total. The predicted molar refractivity (Wildman–Crippen MR) is 70.5 cm³/mol. The lowest BCUT2D eigenvalue weighted by atomic mass is 10.0. The minimum absolute atomic E-state index is 0.107. The zero-order valence-electron chi connectivity index (χ0n) is 10.7. The summed E-state index contributed by atoms with van der Waals surface area (Å²) < 4.78 is 37.7. The second-order valence-electron chi connectivity index (χ2n) is 4.49. The van der Waals surface area contributed by atoms with Crippen molar-refractivity contribution in [1.82, 2.24) is 0 Å². The van der Waals surface area contributed by atoms with Gasteiger partial charge in [-0.3, -0.25) is 4.79 Å². The molecule has 0 radical (unpaired) electrons. The van der Waals surface area contributed by atoms with Gasteiger partial charge in [-0.2, -0.15) is 13.2 Å². The first-order chi connectivity index (χ1) is 9.47. The molecule has 2 aromatic rings. The van der Waals surface area contributed by atoms with Gasteiger partial charge in [-0.05, 0) is 24.1 Å². The van der Waals surface area contributed by atoms with Gasteiger partial charge in [0.15, 0.2) is 5.78 Å². The van der Waals surface area contributed by atoms with E-state index < -0.39 is 11.7 Å². The molecular formula is C16H13F3O.